The van der Waals surface area contributed by atoms with Gasteiger partial charge < -0.3 is 10.2 Å². The number of hydrogen-bond acceptors (Lipinski definition) is 5. The number of phenols is 2. The second-order valence-corrected chi connectivity index (χ2v) is 3.87. The number of rotatable bonds is 3. The van der Waals surface area contributed by atoms with Crippen LogP contribution in [0.3, 0.4) is 0 Å². The Morgan fingerprint density at radius 1 is 1.25 bits per heavy atom. The molecule has 0 aliphatic heterocycles. The van der Waals surface area contributed by atoms with Gasteiger partial charge in [-0.15, -0.1) is 0 Å². The number of nitrogens with zero attached hydrogens (tertiary/aromatic N) is 2. The Morgan fingerprint density at radius 2 is 2.00 bits per heavy atom. The van der Waals surface area contributed by atoms with E-state index < -0.39 is 10.7 Å². The van der Waals surface area contributed by atoms with Gasteiger partial charge in [-0.05, 0) is 18.2 Å². The van der Waals surface area contributed by atoms with E-state index in [1.165, 1.54) is 18.2 Å². The van der Waals surface area contributed by atoms with Crippen LogP contribution in [-0.2, 0) is 0 Å². The minimum absolute atomic E-state index is 0.113. The van der Waals surface area contributed by atoms with Crippen molar-refractivity contribution in [2.45, 2.75) is 0 Å². The first-order valence-corrected chi connectivity index (χ1v) is 5.48. The molecule has 20 heavy (non-hydrogen) atoms. The summed E-state index contributed by atoms with van der Waals surface area (Å²) in [4.78, 5) is 13.5. The molecule has 102 valence electrons. The molecular weight excluding hydrogens is 267 g/mol. The lowest BCUT2D eigenvalue weighted by molar-refractivity contribution is -0.385. The molecule has 0 unspecified atom stereocenters. The maximum atomic E-state index is 13.6. The van der Waals surface area contributed by atoms with Gasteiger partial charge in [0.15, 0.2) is 17.3 Å². The number of nitro groups is 1. The van der Waals surface area contributed by atoms with Gasteiger partial charge in [-0.25, -0.2) is 4.39 Å². The summed E-state index contributed by atoms with van der Waals surface area (Å²) in [5, 5.41) is 29.3. The lowest BCUT2D eigenvalue weighted by Crippen LogP contribution is -1.89. The second-order valence-electron chi connectivity index (χ2n) is 3.87. The number of nitro benzene ring substituents is 1. The number of aliphatic imine (C=N–C) groups is 1. The average molecular weight is 276 g/mol. The zero-order chi connectivity index (χ0) is 14.7. The molecular formula is C13H9FN2O4. The molecule has 0 aromatic heterocycles. The van der Waals surface area contributed by atoms with Crippen LogP contribution in [0.15, 0.2) is 41.4 Å². The molecule has 0 aliphatic carbocycles. The van der Waals surface area contributed by atoms with Crippen molar-refractivity contribution in [3.8, 4) is 11.5 Å². The molecule has 0 saturated heterocycles. The first kappa shape index (κ1) is 13.5. The average Bonchev–Trinajstić information content (AvgIpc) is 2.41. The van der Waals surface area contributed by atoms with E-state index in [1.807, 2.05) is 0 Å². The van der Waals surface area contributed by atoms with Crippen molar-refractivity contribution in [3.63, 3.8) is 0 Å². The van der Waals surface area contributed by atoms with Crippen molar-refractivity contribution in [2.75, 3.05) is 0 Å². The van der Waals surface area contributed by atoms with E-state index in [1.54, 1.807) is 0 Å². The highest BCUT2D eigenvalue weighted by Crippen LogP contribution is 2.28. The van der Waals surface area contributed by atoms with Crippen LogP contribution in [0.4, 0.5) is 15.8 Å². The van der Waals surface area contributed by atoms with Crippen LogP contribution in [0.1, 0.15) is 5.56 Å². The Balaban J connectivity index is 2.32. The molecule has 0 fully saturated rings. The van der Waals surface area contributed by atoms with Gasteiger partial charge in [-0.1, -0.05) is 6.07 Å². The van der Waals surface area contributed by atoms with Crippen LogP contribution in [0.25, 0.3) is 0 Å². The Kier molecular flexibility index (Phi) is 3.60. The Bertz CT molecular complexity index is 701. The quantitative estimate of drug-likeness (QED) is 0.390. The smallest absolute Gasteiger partial charge is 0.272 e. The molecule has 0 spiro atoms. The fourth-order valence-corrected chi connectivity index (χ4v) is 1.51. The first-order valence-electron chi connectivity index (χ1n) is 5.48. The largest absolute Gasteiger partial charge is 0.504 e. The van der Waals surface area contributed by atoms with Crippen molar-refractivity contribution in [1.82, 2.24) is 0 Å². The van der Waals surface area contributed by atoms with Gasteiger partial charge in [0.1, 0.15) is 0 Å². The van der Waals surface area contributed by atoms with E-state index in [-0.39, 0.29) is 28.4 Å². The van der Waals surface area contributed by atoms with Gasteiger partial charge in [-0.2, -0.15) is 0 Å². The van der Waals surface area contributed by atoms with Crippen LogP contribution in [-0.4, -0.2) is 21.4 Å². The summed E-state index contributed by atoms with van der Waals surface area (Å²) in [6.07, 6.45) is 1.15. The van der Waals surface area contributed by atoms with Crippen molar-refractivity contribution in [2.24, 2.45) is 4.99 Å². The predicted molar refractivity (Wildman–Crippen MR) is 70.1 cm³/mol. The summed E-state index contributed by atoms with van der Waals surface area (Å²) in [6.45, 7) is 0. The minimum Gasteiger partial charge on any atom is -0.504 e. The number of phenolic OH excluding ortho intramolecular Hbond substituents is 2. The van der Waals surface area contributed by atoms with Gasteiger partial charge in [0.25, 0.3) is 5.69 Å². The highest BCUT2D eigenvalue weighted by Gasteiger charge is 2.10. The molecule has 0 radical (unpaired) electrons. The molecule has 0 aliphatic rings. The van der Waals surface area contributed by atoms with Crippen molar-refractivity contribution < 1.29 is 19.5 Å². The third-order valence-corrected chi connectivity index (χ3v) is 2.53. The molecule has 2 rings (SSSR count). The van der Waals surface area contributed by atoms with Crippen molar-refractivity contribution >= 4 is 17.6 Å². The molecule has 0 atom stereocenters. The molecule has 2 aromatic carbocycles. The molecule has 0 heterocycles. The van der Waals surface area contributed by atoms with E-state index in [9.17, 15) is 24.7 Å². The third-order valence-electron chi connectivity index (χ3n) is 2.53. The maximum Gasteiger partial charge on any atom is 0.272 e. The van der Waals surface area contributed by atoms with Gasteiger partial charge in [0, 0.05) is 17.8 Å². The third kappa shape index (κ3) is 2.72. The minimum atomic E-state index is -0.852. The van der Waals surface area contributed by atoms with Crippen LogP contribution >= 0.6 is 0 Å². The second kappa shape index (κ2) is 5.35. The fourth-order valence-electron chi connectivity index (χ4n) is 1.51. The molecule has 0 bridgehead atoms. The zero-order valence-corrected chi connectivity index (χ0v) is 10.0. The van der Waals surface area contributed by atoms with Crippen LogP contribution in [0.2, 0.25) is 0 Å². The standard InChI is InChI=1S/C13H9FN2O4/c14-10-6-9(16(19)20)4-5-11(10)15-7-8-2-1-3-12(17)13(8)18/h1-7,17-18H. The lowest BCUT2D eigenvalue weighted by atomic mass is 10.2. The molecule has 0 amide bonds. The first-order chi connectivity index (χ1) is 9.49. The van der Waals surface area contributed by atoms with Gasteiger partial charge in [0.2, 0.25) is 0 Å². The summed E-state index contributed by atoms with van der Waals surface area (Å²) in [5.74, 6) is -1.55. The highest BCUT2D eigenvalue weighted by atomic mass is 19.1. The molecule has 6 nitrogen and oxygen atoms in total. The number of para-hydroxylation sites is 1. The monoisotopic (exact) mass is 276 g/mol. The lowest BCUT2D eigenvalue weighted by Gasteiger charge is -2.01. The highest BCUT2D eigenvalue weighted by molar-refractivity contribution is 5.86. The van der Waals surface area contributed by atoms with Crippen molar-refractivity contribution in [3.05, 3.63) is 57.9 Å². The summed E-state index contributed by atoms with van der Waals surface area (Å²) in [5.41, 5.74) is -0.289. The maximum absolute atomic E-state index is 13.6. The SMILES string of the molecule is O=[N+]([O-])c1ccc(N=Cc2cccc(O)c2O)c(F)c1. The molecule has 7 heteroatoms. The van der Waals surface area contributed by atoms with E-state index in [0.717, 1.165) is 24.4 Å². The fraction of sp³-hybridized carbons (Fsp3) is 0. The summed E-state index contributed by atoms with van der Waals surface area (Å²) < 4.78 is 13.6. The molecule has 2 aromatic rings. The number of halogens is 1. The van der Waals surface area contributed by atoms with Gasteiger partial charge >= 0.3 is 0 Å². The van der Waals surface area contributed by atoms with E-state index in [4.69, 9.17) is 0 Å². The van der Waals surface area contributed by atoms with Crippen LogP contribution < -0.4 is 0 Å². The summed E-state index contributed by atoms with van der Waals surface area (Å²) in [7, 11) is 0. The Morgan fingerprint density at radius 3 is 2.65 bits per heavy atom. The van der Waals surface area contributed by atoms with Crippen molar-refractivity contribution in [1.29, 1.82) is 0 Å². The molecule has 0 saturated carbocycles. The number of non-ortho nitro benzene ring substituents is 1. The topological polar surface area (TPSA) is 96.0 Å². The van der Waals surface area contributed by atoms with E-state index >= 15 is 0 Å². The Hall–Kier alpha value is -2.96. The predicted octanol–water partition coefficient (Wildman–Crippen LogP) is 2.90. The Labute approximate surface area is 112 Å². The van der Waals surface area contributed by atoms with E-state index in [2.05, 4.69) is 4.99 Å². The van der Waals surface area contributed by atoms with Gasteiger partial charge in [0.05, 0.1) is 16.7 Å². The van der Waals surface area contributed by atoms with Crippen LogP contribution in [0, 0.1) is 15.9 Å². The normalized spacial score (nSPS) is 10.8. The molecule has 2 N–H and O–H groups in total. The zero-order valence-electron chi connectivity index (χ0n) is 10.0. The van der Waals surface area contributed by atoms with Crippen LogP contribution in [0.5, 0.6) is 11.5 Å². The summed E-state index contributed by atoms with van der Waals surface area (Å²) in [6, 6.07) is 7.29. The number of hydrogen-bond donors (Lipinski definition) is 2. The van der Waals surface area contributed by atoms with Gasteiger partial charge in [-0.3, -0.25) is 15.1 Å². The summed E-state index contributed by atoms with van der Waals surface area (Å²) >= 11 is 0. The number of aromatic hydroxyl groups is 2. The number of benzene rings is 2. The van der Waals surface area contributed by atoms with E-state index in [0.29, 0.717) is 0 Å².